The van der Waals surface area contributed by atoms with E-state index in [1.165, 1.54) is 5.56 Å². The molecule has 1 atom stereocenters. The maximum absolute atomic E-state index is 12.4. The largest absolute Gasteiger partial charge is 0.343 e. The molecule has 118 valence electrons. The summed E-state index contributed by atoms with van der Waals surface area (Å²) in [4.78, 5) is 14.4. The van der Waals surface area contributed by atoms with Crippen molar-refractivity contribution < 1.29 is 4.79 Å². The van der Waals surface area contributed by atoms with Crippen molar-refractivity contribution in [2.24, 2.45) is 5.92 Å². The second-order valence-electron chi connectivity index (χ2n) is 5.90. The van der Waals surface area contributed by atoms with Gasteiger partial charge in [-0.05, 0) is 43.8 Å². The molecule has 0 aliphatic carbocycles. The van der Waals surface area contributed by atoms with Crippen LogP contribution in [0.2, 0.25) is 0 Å². The fraction of sp³-hybridized carbons (Fsp3) is 0.588. The van der Waals surface area contributed by atoms with Crippen LogP contribution in [0.25, 0.3) is 0 Å². The van der Waals surface area contributed by atoms with Crippen molar-refractivity contribution in [2.45, 2.75) is 32.1 Å². The van der Waals surface area contributed by atoms with Gasteiger partial charge in [-0.15, -0.1) is 12.4 Å². The van der Waals surface area contributed by atoms with Crippen LogP contribution in [0.4, 0.5) is 0 Å². The van der Waals surface area contributed by atoms with Crippen LogP contribution in [0, 0.1) is 5.92 Å². The molecule has 1 amide bonds. The van der Waals surface area contributed by atoms with Crippen molar-refractivity contribution in [1.82, 2.24) is 10.2 Å². The molecule has 3 nitrogen and oxygen atoms in total. The minimum absolute atomic E-state index is 0. The predicted molar refractivity (Wildman–Crippen MR) is 90.0 cm³/mol. The average Bonchev–Trinajstić information content (AvgIpc) is 2.49. The lowest BCUT2D eigenvalue weighted by Gasteiger charge is -2.32. The summed E-state index contributed by atoms with van der Waals surface area (Å²) in [5.74, 6) is 1.35. The second-order valence-corrected chi connectivity index (χ2v) is 5.90. The van der Waals surface area contributed by atoms with Gasteiger partial charge in [0.05, 0.1) is 0 Å². The fourth-order valence-corrected chi connectivity index (χ4v) is 2.97. The summed E-state index contributed by atoms with van der Waals surface area (Å²) in [5, 5.41) is 3.23. The van der Waals surface area contributed by atoms with Gasteiger partial charge in [0.25, 0.3) is 0 Å². The first-order valence-corrected chi connectivity index (χ1v) is 7.68. The lowest BCUT2D eigenvalue weighted by atomic mass is 9.94. The van der Waals surface area contributed by atoms with Crippen molar-refractivity contribution in [3.8, 4) is 0 Å². The molecule has 0 aromatic heterocycles. The molecular formula is C17H27ClN2O. The number of benzene rings is 1. The molecule has 1 aromatic carbocycles. The molecule has 0 saturated carbocycles. The Bertz CT molecular complexity index is 416. The Kier molecular flexibility index (Phi) is 7.76. The fourth-order valence-electron chi connectivity index (χ4n) is 2.97. The van der Waals surface area contributed by atoms with Crippen molar-refractivity contribution in [1.29, 1.82) is 0 Å². The van der Waals surface area contributed by atoms with E-state index in [1.807, 2.05) is 30.1 Å². The van der Waals surface area contributed by atoms with E-state index in [9.17, 15) is 4.79 Å². The molecule has 1 aliphatic rings. The number of halogens is 1. The van der Waals surface area contributed by atoms with Crippen LogP contribution >= 0.6 is 12.4 Å². The second kappa shape index (κ2) is 9.06. The molecule has 0 bridgehead atoms. The van der Waals surface area contributed by atoms with Crippen LogP contribution < -0.4 is 5.32 Å². The van der Waals surface area contributed by atoms with Crippen LogP contribution in [0.5, 0.6) is 0 Å². The molecule has 1 unspecified atom stereocenters. The number of carbonyl (C=O) groups excluding carboxylic acids is 1. The first-order chi connectivity index (χ1) is 9.70. The van der Waals surface area contributed by atoms with Crippen LogP contribution in [-0.2, 0) is 4.79 Å². The van der Waals surface area contributed by atoms with Gasteiger partial charge in [0.15, 0.2) is 0 Å². The Balaban J connectivity index is 0.00000220. The van der Waals surface area contributed by atoms with Gasteiger partial charge >= 0.3 is 0 Å². The van der Waals surface area contributed by atoms with Gasteiger partial charge in [0.1, 0.15) is 0 Å². The molecule has 4 heteroatoms. The molecule has 1 aromatic rings. The van der Waals surface area contributed by atoms with E-state index in [-0.39, 0.29) is 12.4 Å². The minimum atomic E-state index is 0. The quantitative estimate of drug-likeness (QED) is 0.906. The molecule has 1 heterocycles. The number of likely N-dealkylation sites (tertiary alicyclic amines) is 1. The topological polar surface area (TPSA) is 32.3 Å². The smallest absolute Gasteiger partial charge is 0.223 e. The van der Waals surface area contributed by atoms with Crippen LogP contribution in [-0.4, -0.2) is 37.5 Å². The normalized spacial score (nSPS) is 17.1. The van der Waals surface area contributed by atoms with E-state index in [0.29, 0.717) is 18.2 Å². The summed E-state index contributed by atoms with van der Waals surface area (Å²) in [7, 11) is 2.00. The third-order valence-corrected chi connectivity index (χ3v) is 4.31. The lowest BCUT2D eigenvalue weighted by Crippen LogP contribution is -2.40. The Morgan fingerprint density at radius 3 is 2.48 bits per heavy atom. The third-order valence-electron chi connectivity index (χ3n) is 4.31. The molecule has 2 rings (SSSR count). The molecule has 1 fully saturated rings. The van der Waals surface area contributed by atoms with Crippen LogP contribution in [0.1, 0.15) is 37.7 Å². The van der Waals surface area contributed by atoms with Gasteiger partial charge in [0.2, 0.25) is 5.91 Å². The lowest BCUT2D eigenvalue weighted by molar-refractivity contribution is -0.132. The minimum Gasteiger partial charge on any atom is -0.343 e. The molecule has 1 N–H and O–H groups in total. The number of amides is 1. The van der Waals surface area contributed by atoms with Crippen molar-refractivity contribution in [2.75, 3.05) is 26.7 Å². The van der Waals surface area contributed by atoms with Gasteiger partial charge in [-0.1, -0.05) is 37.3 Å². The number of nitrogens with zero attached hydrogens (tertiary/aromatic N) is 1. The van der Waals surface area contributed by atoms with E-state index in [4.69, 9.17) is 0 Å². The monoisotopic (exact) mass is 310 g/mol. The Labute approximate surface area is 134 Å². The van der Waals surface area contributed by atoms with E-state index in [0.717, 1.165) is 38.4 Å². The highest BCUT2D eigenvalue weighted by atomic mass is 35.5. The summed E-state index contributed by atoms with van der Waals surface area (Å²) in [5.41, 5.74) is 1.26. The number of nitrogens with one attached hydrogen (secondary N) is 1. The number of hydrogen-bond acceptors (Lipinski definition) is 2. The molecule has 1 aliphatic heterocycles. The van der Waals surface area contributed by atoms with E-state index < -0.39 is 0 Å². The average molecular weight is 311 g/mol. The van der Waals surface area contributed by atoms with E-state index in [2.05, 4.69) is 24.4 Å². The maximum atomic E-state index is 12.4. The summed E-state index contributed by atoms with van der Waals surface area (Å²) < 4.78 is 0. The summed E-state index contributed by atoms with van der Waals surface area (Å²) >= 11 is 0. The first-order valence-electron chi connectivity index (χ1n) is 7.68. The SMILES string of the molecule is CNCC1CCN(C(=O)CC(C)c2ccccc2)CC1.Cl. The van der Waals surface area contributed by atoms with Gasteiger partial charge in [-0.2, -0.15) is 0 Å². The van der Waals surface area contributed by atoms with Crippen LogP contribution in [0.3, 0.4) is 0 Å². The predicted octanol–water partition coefficient (Wildman–Crippen LogP) is 3.06. The van der Waals surface area contributed by atoms with Crippen molar-refractivity contribution >= 4 is 18.3 Å². The third kappa shape index (κ3) is 5.33. The Morgan fingerprint density at radius 1 is 1.29 bits per heavy atom. The van der Waals surface area contributed by atoms with Crippen molar-refractivity contribution in [3.63, 3.8) is 0 Å². The highest BCUT2D eigenvalue weighted by Crippen LogP contribution is 2.22. The van der Waals surface area contributed by atoms with Gasteiger partial charge < -0.3 is 10.2 Å². The zero-order valence-corrected chi connectivity index (χ0v) is 13.9. The summed E-state index contributed by atoms with van der Waals surface area (Å²) in [6.45, 7) is 5.06. The summed E-state index contributed by atoms with van der Waals surface area (Å²) in [6.07, 6.45) is 2.89. The van der Waals surface area contributed by atoms with E-state index >= 15 is 0 Å². The molecule has 21 heavy (non-hydrogen) atoms. The van der Waals surface area contributed by atoms with Gasteiger partial charge in [-0.3, -0.25) is 4.79 Å². The number of hydrogen-bond donors (Lipinski definition) is 1. The molecule has 0 radical (unpaired) electrons. The zero-order chi connectivity index (χ0) is 14.4. The highest BCUT2D eigenvalue weighted by molar-refractivity contribution is 5.85. The molecule has 1 saturated heterocycles. The highest BCUT2D eigenvalue weighted by Gasteiger charge is 2.23. The maximum Gasteiger partial charge on any atom is 0.223 e. The van der Waals surface area contributed by atoms with Crippen molar-refractivity contribution in [3.05, 3.63) is 35.9 Å². The Hall–Kier alpha value is -1.06. The number of piperidine rings is 1. The first kappa shape index (κ1) is 18.0. The van der Waals surface area contributed by atoms with Gasteiger partial charge in [-0.25, -0.2) is 0 Å². The standard InChI is InChI=1S/C17H26N2O.ClH/c1-14(16-6-4-3-5-7-16)12-17(20)19-10-8-15(9-11-19)13-18-2;/h3-7,14-15,18H,8-13H2,1-2H3;1H. The molecular weight excluding hydrogens is 284 g/mol. The summed E-state index contributed by atoms with van der Waals surface area (Å²) in [6, 6.07) is 10.3. The number of rotatable bonds is 5. The number of carbonyl (C=O) groups is 1. The Morgan fingerprint density at radius 2 is 1.90 bits per heavy atom. The zero-order valence-electron chi connectivity index (χ0n) is 13.0. The van der Waals surface area contributed by atoms with Crippen LogP contribution in [0.15, 0.2) is 30.3 Å². The van der Waals surface area contributed by atoms with E-state index in [1.54, 1.807) is 0 Å². The molecule has 0 spiro atoms. The van der Waals surface area contributed by atoms with Gasteiger partial charge in [0, 0.05) is 19.5 Å².